The normalized spacial score (nSPS) is 13.8. The molecule has 84 valence electrons. The average molecular weight is 237 g/mol. The lowest BCUT2D eigenvalue weighted by Gasteiger charge is -2.17. The topological polar surface area (TPSA) is 26.3 Å². The highest BCUT2D eigenvalue weighted by atomic mass is 35.5. The molecule has 0 atom stereocenters. The Morgan fingerprint density at radius 3 is 3.06 bits per heavy atom. The van der Waals surface area contributed by atoms with Gasteiger partial charge in [-0.1, -0.05) is 18.5 Å². The molecular weight excluding hydrogens is 224 g/mol. The molecule has 0 amide bonds. The van der Waals surface area contributed by atoms with Gasteiger partial charge in [-0.2, -0.15) is 0 Å². The van der Waals surface area contributed by atoms with Crippen molar-refractivity contribution in [1.82, 2.24) is 0 Å². The van der Waals surface area contributed by atoms with Crippen LogP contribution in [0.1, 0.15) is 25.3 Å². The van der Waals surface area contributed by atoms with Crippen molar-refractivity contribution in [3.8, 4) is 5.75 Å². The molecule has 0 saturated heterocycles. The van der Waals surface area contributed by atoms with Gasteiger partial charge in [-0.3, -0.25) is 4.79 Å². The molecule has 0 N–H and O–H groups in total. The van der Waals surface area contributed by atoms with Gasteiger partial charge in [-0.25, -0.2) is 0 Å². The maximum Gasteiger partial charge on any atom is 0.162 e. The van der Waals surface area contributed by atoms with E-state index in [9.17, 15) is 4.79 Å². The Morgan fingerprint density at radius 2 is 2.31 bits per heavy atom. The van der Waals surface area contributed by atoms with Crippen LogP contribution in [0.4, 0.5) is 0 Å². The lowest BCUT2D eigenvalue weighted by Crippen LogP contribution is -2.14. The number of carbonyl (C=O) groups excluding carboxylic acids is 1. The summed E-state index contributed by atoms with van der Waals surface area (Å²) in [5, 5.41) is 0.655. The van der Waals surface area contributed by atoms with Gasteiger partial charge in [0.05, 0.1) is 0 Å². The van der Waals surface area contributed by atoms with Crippen LogP contribution in [0.15, 0.2) is 23.8 Å². The van der Waals surface area contributed by atoms with E-state index in [2.05, 4.69) is 0 Å². The van der Waals surface area contributed by atoms with Gasteiger partial charge in [0.25, 0.3) is 0 Å². The van der Waals surface area contributed by atoms with Gasteiger partial charge >= 0.3 is 0 Å². The molecule has 1 aliphatic heterocycles. The number of hydrogen-bond acceptors (Lipinski definition) is 2. The smallest absolute Gasteiger partial charge is 0.162 e. The Labute approximate surface area is 99.9 Å². The fourth-order valence-corrected chi connectivity index (χ4v) is 1.88. The summed E-state index contributed by atoms with van der Waals surface area (Å²) in [5.74, 6) is 0.950. The predicted octanol–water partition coefficient (Wildman–Crippen LogP) is 3.49. The molecule has 0 fully saturated rings. The van der Waals surface area contributed by atoms with E-state index in [1.807, 2.05) is 25.1 Å². The van der Waals surface area contributed by atoms with Crippen molar-refractivity contribution >= 4 is 23.5 Å². The van der Waals surface area contributed by atoms with Crippen LogP contribution in [0.2, 0.25) is 5.02 Å². The Bertz CT molecular complexity index is 449. The van der Waals surface area contributed by atoms with E-state index in [-0.39, 0.29) is 5.78 Å². The van der Waals surface area contributed by atoms with Crippen LogP contribution in [0.25, 0.3) is 6.08 Å². The zero-order valence-electron chi connectivity index (χ0n) is 9.13. The minimum atomic E-state index is 0.160. The molecule has 3 heteroatoms. The summed E-state index contributed by atoms with van der Waals surface area (Å²) < 4.78 is 5.51. The lowest BCUT2D eigenvalue weighted by molar-refractivity contribution is -0.115. The Kier molecular flexibility index (Phi) is 3.30. The fraction of sp³-hybridized carbons (Fsp3) is 0.308. The Balaban J connectivity index is 2.30. The van der Waals surface area contributed by atoms with Crippen molar-refractivity contribution in [1.29, 1.82) is 0 Å². The predicted molar refractivity (Wildman–Crippen MR) is 64.8 cm³/mol. The number of rotatable bonds is 3. The molecular formula is C13H13ClO2. The number of fused-ring (bicyclic) bond motifs is 1. The van der Waals surface area contributed by atoms with Gasteiger partial charge in [0, 0.05) is 22.6 Å². The van der Waals surface area contributed by atoms with E-state index in [1.165, 1.54) is 0 Å². The third kappa shape index (κ3) is 2.27. The van der Waals surface area contributed by atoms with E-state index < -0.39 is 0 Å². The van der Waals surface area contributed by atoms with Crippen molar-refractivity contribution in [3.05, 3.63) is 34.4 Å². The number of benzene rings is 1. The van der Waals surface area contributed by atoms with Crippen molar-refractivity contribution in [3.63, 3.8) is 0 Å². The molecule has 1 aromatic carbocycles. The molecule has 1 aliphatic rings. The van der Waals surface area contributed by atoms with Crippen LogP contribution >= 0.6 is 11.6 Å². The monoisotopic (exact) mass is 236 g/mol. The van der Waals surface area contributed by atoms with Crippen LogP contribution in [0.3, 0.4) is 0 Å². The minimum absolute atomic E-state index is 0.160. The molecule has 0 aromatic heterocycles. The zero-order chi connectivity index (χ0) is 11.5. The van der Waals surface area contributed by atoms with Crippen LogP contribution in [0.5, 0.6) is 5.75 Å². The molecule has 16 heavy (non-hydrogen) atoms. The molecule has 0 unspecified atom stereocenters. The molecule has 2 nitrogen and oxygen atoms in total. The van der Waals surface area contributed by atoms with Crippen LogP contribution in [-0.2, 0) is 4.79 Å². The SMILES string of the molecule is CCCC(=O)C1=Cc2cc(Cl)ccc2OC1. The highest BCUT2D eigenvalue weighted by Crippen LogP contribution is 2.29. The summed E-state index contributed by atoms with van der Waals surface area (Å²) in [4.78, 5) is 11.7. The third-order valence-electron chi connectivity index (χ3n) is 2.52. The van der Waals surface area contributed by atoms with Gasteiger partial charge in [-0.15, -0.1) is 0 Å². The summed E-state index contributed by atoms with van der Waals surface area (Å²) in [5.41, 5.74) is 1.62. The number of Topliss-reactive ketones (excluding diaryl/α,β-unsaturated/α-hetero) is 1. The second-order valence-corrected chi connectivity index (χ2v) is 4.25. The zero-order valence-corrected chi connectivity index (χ0v) is 9.88. The fourth-order valence-electron chi connectivity index (χ4n) is 1.70. The van der Waals surface area contributed by atoms with Crippen molar-refractivity contribution in [2.45, 2.75) is 19.8 Å². The largest absolute Gasteiger partial charge is 0.488 e. The number of carbonyl (C=O) groups is 1. The Morgan fingerprint density at radius 1 is 1.50 bits per heavy atom. The number of ether oxygens (including phenoxy) is 1. The summed E-state index contributed by atoms with van der Waals surface area (Å²) in [6.07, 6.45) is 3.31. The van der Waals surface area contributed by atoms with Gasteiger partial charge in [0.1, 0.15) is 12.4 Å². The first-order valence-electron chi connectivity index (χ1n) is 5.37. The van der Waals surface area contributed by atoms with E-state index in [0.717, 1.165) is 23.3 Å². The molecule has 0 bridgehead atoms. The van der Waals surface area contributed by atoms with Gasteiger partial charge in [0.2, 0.25) is 0 Å². The molecule has 1 heterocycles. The number of hydrogen-bond donors (Lipinski definition) is 0. The molecule has 0 radical (unpaired) electrons. The maximum absolute atomic E-state index is 11.7. The number of ketones is 1. The van der Waals surface area contributed by atoms with Crippen molar-refractivity contribution in [2.24, 2.45) is 0 Å². The van der Waals surface area contributed by atoms with Crippen LogP contribution in [-0.4, -0.2) is 12.4 Å². The van der Waals surface area contributed by atoms with Crippen LogP contribution < -0.4 is 4.74 Å². The third-order valence-corrected chi connectivity index (χ3v) is 2.76. The first-order valence-corrected chi connectivity index (χ1v) is 5.74. The van der Waals surface area contributed by atoms with Gasteiger partial charge < -0.3 is 4.74 Å². The molecule has 0 saturated carbocycles. The quantitative estimate of drug-likeness (QED) is 0.803. The van der Waals surface area contributed by atoms with Crippen molar-refractivity contribution < 1.29 is 9.53 Å². The number of halogens is 1. The highest BCUT2D eigenvalue weighted by Gasteiger charge is 2.16. The van der Waals surface area contributed by atoms with E-state index in [1.54, 1.807) is 6.07 Å². The molecule has 0 spiro atoms. The molecule has 0 aliphatic carbocycles. The highest BCUT2D eigenvalue weighted by molar-refractivity contribution is 6.30. The van der Waals surface area contributed by atoms with E-state index in [0.29, 0.717) is 18.1 Å². The first kappa shape index (κ1) is 11.2. The Hall–Kier alpha value is -1.28. The maximum atomic E-state index is 11.7. The average Bonchev–Trinajstić information content (AvgIpc) is 2.28. The molecule has 1 aromatic rings. The summed E-state index contributed by atoms with van der Waals surface area (Å²) in [6.45, 7) is 2.36. The van der Waals surface area contributed by atoms with E-state index in [4.69, 9.17) is 16.3 Å². The van der Waals surface area contributed by atoms with Gasteiger partial charge in [0.15, 0.2) is 5.78 Å². The molecule has 2 rings (SSSR count). The minimum Gasteiger partial charge on any atom is -0.488 e. The summed E-state index contributed by atoms with van der Waals surface area (Å²) in [6, 6.07) is 5.43. The second-order valence-electron chi connectivity index (χ2n) is 3.81. The van der Waals surface area contributed by atoms with Gasteiger partial charge in [-0.05, 0) is 30.7 Å². The standard InChI is InChI=1S/C13H13ClO2/c1-2-3-12(15)10-6-9-7-11(14)4-5-13(9)16-8-10/h4-7H,2-3,8H2,1H3. The van der Waals surface area contributed by atoms with Crippen molar-refractivity contribution in [2.75, 3.05) is 6.61 Å². The van der Waals surface area contributed by atoms with E-state index >= 15 is 0 Å². The second kappa shape index (κ2) is 4.71. The summed E-state index contributed by atoms with van der Waals surface area (Å²) >= 11 is 5.90. The lowest BCUT2D eigenvalue weighted by atomic mass is 10.0. The first-order chi connectivity index (χ1) is 7.70. The van der Waals surface area contributed by atoms with Crippen LogP contribution in [0, 0.1) is 0 Å². The summed E-state index contributed by atoms with van der Waals surface area (Å²) in [7, 11) is 0.